The zero-order valence-corrected chi connectivity index (χ0v) is 16.7. The Morgan fingerprint density at radius 1 is 1.07 bits per heavy atom. The monoisotopic (exact) mass is 385 g/mol. The molecule has 1 amide bonds. The molecule has 2 aromatic carbocycles. The molecule has 0 spiro atoms. The van der Waals surface area contributed by atoms with Gasteiger partial charge in [-0.05, 0) is 63.1 Å². The van der Waals surface area contributed by atoms with Crippen LogP contribution >= 0.6 is 11.8 Å². The summed E-state index contributed by atoms with van der Waals surface area (Å²) >= 11 is 1.37. The van der Waals surface area contributed by atoms with Crippen molar-refractivity contribution in [3.8, 4) is 0 Å². The Morgan fingerprint density at radius 3 is 2.48 bits per heavy atom. The van der Waals surface area contributed by atoms with E-state index in [1.54, 1.807) is 24.3 Å². The summed E-state index contributed by atoms with van der Waals surface area (Å²) in [5, 5.41) is 2.65. The number of carbonyl (C=O) groups is 3. The first-order valence-corrected chi connectivity index (χ1v) is 9.56. The summed E-state index contributed by atoms with van der Waals surface area (Å²) in [6, 6.07) is 12.6. The normalized spacial score (nSPS) is 11.6. The van der Waals surface area contributed by atoms with E-state index >= 15 is 0 Å². The molecule has 5 nitrogen and oxygen atoms in total. The molecule has 1 atom stereocenters. The minimum atomic E-state index is -0.932. The first-order valence-electron chi connectivity index (χ1n) is 8.57. The van der Waals surface area contributed by atoms with Crippen molar-refractivity contribution in [2.24, 2.45) is 0 Å². The van der Waals surface area contributed by atoms with Gasteiger partial charge in [-0.25, -0.2) is 0 Å². The highest BCUT2D eigenvalue weighted by Crippen LogP contribution is 2.21. The Morgan fingerprint density at radius 2 is 1.81 bits per heavy atom. The van der Waals surface area contributed by atoms with Gasteiger partial charge in [-0.15, -0.1) is 11.8 Å². The van der Waals surface area contributed by atoms with Gasteiger partial charge < -0.3 is 10.1 Å². The van der Waals surface area contributed by atoms with Gasteiger partial charge in [0.05, 0.1) is 5.75 Å². The maximum absolute atomic E-state index is 12.2. The zero-order valence-electron chi connectivity index (χ0n) is 15.9. The molecule has 0 radical (unpaired) electrons. The van der Waals surface area contributed by atoms with E-state index < -0.39 is 18.0 Å². The number of ketones is 1. The molecule has 0 fully saturated rings. The van der Waals surface area contributed by atoms with Gasteiger partial charge in [0, 0.05) is 16.1 Å². The molecule has 0 aliphatic rings. The van der Waals surface area contributed by atoms with E-state index in [0.717, 1.165) is 10.5 Å². The van der Waals surface area contributed by atoms with Gasteiger partial charge in [-0.2, -0.15) is 0 Å². The second-order valence-electron chi connectivity index (χ2n) is 6.29. The second-order valence-corrected chi connectivity index (χ2v) is 7.34. The maximum atomic E-state index is 12.2. The number of Topliss-reactive ketones (excluding diaryl/α,β-unsaturated/α-hetero) is 1. The smallest absolute Gasteiger partial charge is 0.317 e. The third-order valence-corrected chi connectivity index (χ3v) is 5.02. The Labute approximate surface area is 163 Å². The van der Waals surface area contributed by atoms with Crippen LogP contribution in [0.2, 0.25) is 0 Å². The Kier molecular flexibility index (Phi) is 7.19. The maximum Gasteiger partial charge on any atom is 0.317 e. The fourth-order valence-corrected chi connectivity index (χ4v) is 3.07. The van der Waals surface area contributed by atoms with E-state index in [4.69, 9.17) is 4.74 Å². The summed E-state index contributed by atoms with van der Waals surface area (Å²) in [5.41, 5.74) is 3.34. The standard InChI is InChI=1S/C21H23NO4S/c1-13-8-9-19(10-14(13)2)27-12-20(24)26-16(4)21(25)22-18-7-5-6-17(11-18)15(3)23/h5-11,16H,12H2,1-4H3,(H,22,25)/t16-/m1/s1. The average molecular weight is 385 g/mol. The van der Waals surface area contributed by atoms with E-state index in [0.29, 0.717) is 11.3 Å². The fraction of sp³-hybridized carbons (Fsp3) is 0.286. The third kappa shape index (κ3) is 6.25. The van der Waals surface area contributed by atoms with Crippen LogP contribution in [0.3, 0.4) is 0 Å². The van der Waals surface area contributed by atoms with Crippen molar-refractivity contribution in [1.29, 1.82) is 0 Å². The molecule has 0 aliphatic heterocycles. The number of benzene rings is 2. The summed E-state index contributed by atoms with van der Waals surface area (Å²) in [7, 11) is 0. The number of rotatable bonds is 7. The first kappa shape index (κ1) is 20.7. The number of esters is 1. The summed E-state index contributed by atoms with van der Waals surface area (Å²) in [4.78, 5) is 36.6. The molecular formula is C21H23NO4S. The lowest BCUT2D eigenvalue weighted by Gasteiger charge is -2.14. The van der Waals surface area contributed by atoms with Crippen LogP contribution in [0, 0.1) is 13.8 Å². The number of thioether (sulfide) groups is 1. The van der Waals surface area contributed by atoms with Crippen LogP contribution in [0.15, 0.2) is 47.4 Å². The number of anilines is 1. The molecule has 0 aromatic heterocycles. The minimum Gasteiger partial charge on any atom is -0.452 e. The fourth-order valence-electron chi connectivity index (χ4n) is 2.29. The van der Waals surface area contributed by atoms with Crippen molar-refractivity contribution in [3.63, 3.8) is 0 Å². The van der Waals surface area contributed by atoms with Gasteiger partial charge in [0.15, 0.2) is 11.9 Å². The quantitative estimate of drug-likeness (QED) is 0.440. The van der Waals surface area contributed by atoms with Gasteiger partial charge >= 0.3 is 5.97 Å². The van der Waals surface area contributed by atoms with Crippen molar-refractivity contribution in [1.82, 2.24) is 0 Å². The molecule has 6 heteroatoms. The van der Waals surface area contributed by atoms with Gasteiger partial charge in [-0.1, -0.05) is 18.2 Å². The van der Waals surface area contributed by atoms with Gasteiger partial charge in [-0.3, -0.25) is 14.4 Å². The summed E-state index contributed by atoms with van der Waals surface area (Å²) in [6.07, 6.45) is -0.932. The van der Waals surface area contributed by atoms with Crippen LogP contribution in [-0.2, 0) is 14.3 Å². The molecule has 2 aromatic rings. The van der Waals surface area contributed by atoms with E-state index in [9.17, 15) is 14.4 Å². The number of hydrogen-bond acceptors (Lipinski definition) is 5. The zero-order chi connectivity index (χ0) is 20.0. The largest absolute Gasteiger partial charge is 0.452 e. The topological polar surface area (TPSA) is 72.5 Å². The molecule has 142 valence electrons. The SMILES string of the molecule is CC(=O)c1cccc(NC(=O)[C@@H](C)OC(=O)CSc2ccc(C)c(C)c2)c1. The molecule has 27 heavy (non-hydrogen) atoms. The second kappa shape index (κ2) is 9.37. The van der Waals surface area contributed by atoms with Crippen LogP contribution < -0.4 is 5.32 Å². The number of carbonyl (C=O) groups excluding carboxylic acids is 3. The molecular weight excluding hydrogens is 362 g/mol. The number of hydrogen-bond donors (Lipinski definition) is 1. The van der Waals surface area contributed by atoms with Crippen LogP contribution in [0.25, 0.3) is 0 Å². The van der Waals surface area contributed by atoms with E-state index in [1.807, 2.05) is 32.0 Å². The van der Waals surface area contributed by atoms with Gasteiger partial charge in [0.1, 0.15) is 0 Å². The molecule has 0 aliphatic carbocycles. The van der Waals surface area contributed by atoms with Crippen LogP contribution in [0.5, 0.6) is 0 Å². The number of amides is 1. The summed E-state index contributed by atoms with van der Waals surface area (Å²) in [6.45, 7) is 7.02. The molecule has 0 unspecified atom stereocenters. The summed E-state index contributed by atoms with van der Waals surface area (Å²) < 4.78 is 5.20. The average Bonchev–Trinajstić information content (AvgIpc) is 2.62. The highest BCUT2D eigenvalue weighted by Gasteiger charge is 2.18. The van der Waals surface area contributed by atoms with Crippen molar-refractivity contribution < 1.29 is 19.1 Å². The Balaban J connectivity index is 1.86. The number of ether oxygens (including phenoxy) is 1. The Hall–Kier alpha value is -2.60. The summed E-state index contributed by atoms with van der Waals surface area (Å²) in [5.74, 6) is -0.868. The molecule has 0 saturated heterocycles. The van der Waals surface area contributed by atoms with Crippen molar-refractivity contribution >= 4 is 35.1 Å². The van der Waals surface area contributed by atoms with E-state index in [-0.39, 0.29) is 11.5 Å². The van der Waals surface area contributed by atoms with E-state index in [2.05, 4.69) is 5.32 Å². The molecule has 0 saturated carbocycles. The molecule has 2 rings (SSSR count). The minimum absolute atomic E-state index is 0.0889. The number of nitrogens with one attached hydrogen (secondary N) is 1. The van der Waals surface area contributed by atoms with Crippen molar-refractivity contribution in [2.75, 3.05) is 11.1 Å². The van der Waals surface area contributed by atoms with Crippen molar-refractivity contribution in [3.05, 3.63) is 59.2 Å². The van der Waals surface area contributed by atoms with E-state index in [1.165, 1.54) is 31.2 Å². The van der Waals surface area contributed by atoms with Gasteiger partial charge in [0.25, 0.3) is 5.91 Å². The predicted molar refractivity (Wildman–Crippen MR) is 107 cm³/mol. The van der Waals surface area contributed by atoms with Gasteiger partial charge in [0.2, 0.25) is 0 Å². The molecule has 0 bridgehead atoms. The van der Waals surface area contributed by atoms with Crippen LogP contribution in [0.1, 0.15) is 35.3 Å². The lowest BCUT2D eigenvalue weighted by Crippen LogP contribution is -2.30. The van der Waals surface area contributed by atoms with Crippen LogP contribution in [-0.4, -0.2) is 29.5 Å². The lowest BCUT2D eigenvalue weighted by atomic mass is 10.1. The lowest BCUT2D eigenvalue weighted by molar-refractivity contribution is -0.150. The highest BCUT2D eigenvalue weighted by atomic mass is 32.2. The van der Waals surface area contributed by atoms with Crippen LogP contribution in [0.4, 0.5) is 5.69 Å². The third-order valence-electron chi connectivity index (χ3n) is 4.05. The van der Waals surface area contributed by atoms with Crippen molar-refractivity contribution in [2.45, 2.75) is 38.7 Å². The first-order chi connectivity index (χ1) is 12.8. The predicted octanol–water partition coefficient (Wildman–Crippen LogP) is 4.17. The molecule has 1 N–H and O–H groups in total. The molecule has 0 heterocycles. The number of aryl methyl sites for hydroxylation is 2. The highest BCUT2D eigenvalue weighted by molar-refractivity contribution is 8.00. The Bertz CT molecular complexity index is 863.